The molecule has 0 aliphatic heterocycles. The molecule has 1 unspecified atom stereocenters. The zero-order chi connectivity index (χ0) is 28.1. The molecule has 208 valence electrons. The Balaban J connectivity index is 1.89. The first-order chi connectivity index (χ1) is 17.8. The molecule has 0 heterocycles. The summed E-state index contributed by atoms with van der Waals surface area (Å²) in [6, 6.07) is 9.78. The van der Waals surface area contributed by atoms with E-state index in [0.717, 1.165) is 5.56 Å². The third-order valence-electron chi connectivity index (χ3n) is 6.78. The molecule has 0 spiro atoms. The first-order valence-electron chi connectivity index (χ1n) is 11.9. The highest BCUT2D eigenvalue weighted by molar-refractivity contribution is 6.17. The van der Waals surface area contributed by atoms with E-state index in [0.29, 0.717) is 44.2 Å². The van der Waals surface area contributed by atoms with Gasteiger partial charge < -0.3 is 5.32 Å². The summed E-state index contributed by atoms with van der Waals surface area (Å²) in [6.45, 7) is 1.40. The number of rotatable bonds is 9. The first-order valence-corrected chi connectivity index (χ1v) is 12.4. The lowest BCUT2D eigenvalue weighted by atomic mass is 9.74. The molecule has 1 aliphatic rings. The van der Waals surface area contributed by atoms with E-state index in [9.17, 15) is 35.9 Å². The molecule has 1 N–H and O–H groups in total. The Bertz CT molecular complexity index is 1070. The number of hydroxylamine groups is 2. The molecule has 0 radical (unpaired) electrons. The average Bonchev–Trinajstić information content (AvgIpc) is 2.88. The fourth-order valence-corrected chi connectivity index (χ4v) is 4.75. The lowest BCUT2D eigenvalue weighted by Crippen LogP contribution is -2.52. The monoisotopic (exact) mass is 564 g/mol. The summed E-state index contributed by atoms with van der Waals surface area (Å²) < 4.78 is 80.1. The molecule has 0 saturated heterocycles. The predicted molar refractivity (Wildman–Crippen MR) is 128 cm³/mol. The van der Waals surface area contributed by atoms with E-state index in [-0.39, 0.29) is 24.6 Å². The Morgan fingerprint density at radius 1 is 1.08 bits per heavy atom. The number of alkyl halides is 7. The molecule has 1 fully saturated rings. The Hall–Kier alpha value is -2.79. The number of carbonyl (C=O) groups is 2. The maximum atomic E-state index is 13.4. The van der Waals surface area contributed by atoms with Gasteiger partial charge >= 0.3 is 12.4 Å². The van der Waals surface area contributed by atoms with Crippen LogP contribution in [0.2, 0.25) is 0 Å². The van der Waals surface area contributed by atoms with Crippen molar-refractivity contribution in [3.63, 3.8) is 0 Å². The summed E-state index contributed by atoms with van der Waals surface area (Å²) in [6.07, 6.45) is -7.94. The average molecular weight is 565 g/mol. The maximum absolute atomic E-state index is 13.4. The highest BCUT2D eigenvalue weighted by atomic mass is 35.5. The molecular weight excluding hydrogens is 538 g/mol. The van der Waals surface area contributed by atoms with E-state index in [4.69, 9.17) is 16.4 Å². The van der Waals surface area contributed by atoms with Crippen molar-refractivity contribution in [2.24, 2.45) is 0 Å². The van der Waals surface area contributed by atoms with E-state index in [1.165, 1.54) is 12.0 Å². The summed E-state index contributed by atoms with van der Waals surface area (Å²) in [5.74, 6) is -1.84. The maximum Gasteiger partial charge on any atom is 0.416 e. The largest absolute Gasteiger partial charge is 0.416 e. The van der Waals surface area contributed by atoms with E-state index < -0.39 is 46.4 Å². The normalized spacial score (nSPS) is 21.0. The smallest absolute Gasteiger partial charge is 0.346 e. The van der Waals surface area contributed by atoms with Crippen molar-refractivity contribution in [2.75, 3.05) is 12.5 Å². The van der Waals surface area contributed by atoms with Crippen molar-refractivity contribution in [1.82, 2.24) is 10.4 Å². The topological polar surface area (TPSA) is 58.6 Å². The van der Waals surface area contributed by atoms with Crippen LogP contribution >= 0.6 is 11.6 Å². The number of benzene rings is 2. The molecule has 12 heteroatoms. The molecule has 3 rings (SSSR count). The van der Waals surface area contributed by atoms with Gasteiger partial charge in [0.05, 0.1) is 35.2 Å². The molecule has 5 nitrogen and oxygen atoms in total. The van der Waals surface area contributed by atoms with Crippen LogP contribution in [-0.4, -0.2) is 35.9 Å². The molecule has 2 amide bonds. The zero-order valence-electron chi connectivity index (χ0n) is 20.4. The summed E-state index contributed by atoms with van der Waals surface area (Å²) >= 11 is 5.63. The van der Waals surface area contributed by atoms with Crippen molar-refractivity contribution >= 4 is 23.9 Å². The van der Waals surface area contributed by atoms with E-state index in [1.54, 1.807) is 30.3 Å². The van der Waals surface area contributed by atoms with Crippen LogP contribution in [0.25, 0.3) is 0 Å². The number of hydrogen-bond donors (Lipinski definition) is 1. The highest BCUT2D eigenvalue weighted by Gasteiger charge is 2.42. The van der Waals surface area contributed by atoms with Crippen LogP contribution in [-0.2, 0) is 32.3 Å². The third-order valence-corrected chi connectivity index (χ3v) is 6.94. The van der Waals surface area contributed by atoms with Crippen LogP contribution in [0.5, 0.6) is 0 Å². The Morgan fingerprint density at radius 2 is 1.63 bits per heavy atom. The highest BCUT2D eigenvalue weighted by Crippen LogP contribution is 2.41. The number of amides is 2. The number of hydrogen-bond acceptors (Lipinski definition) is 3. The molecule has 0 bridgehead atoms. The van der Waals surface area contributed by atoms with Crippen molar-refractivity contribution < 1.29 is 40.8 Å². The number of nitrogens with one attached hydrogen (secondary N) is 1. The lowest BCUT2D eigenvalue weighted by molar-refractivity contribution is -0.189. The Morgan fingerprint density at radius 3 is 2.11 bits per heavy atom. The molecule has 2 aromatic rings. The Kier molecular flexibility index (Phi) is 9.35. The predicted octanol–water partition coefficient (Wildman–Crippen LogP) is 6.41. The van der Waals surface area contributed by atoms with Gasteiger partial charge in [0.1, 0.15) is 0 Å². The standard InChI is InChI=1S/C26H27ClF6N2O3/c1-17(18-13-20(25(28,29)30)15-21(14-18)26(31,32)33)23(37)34-24(19-5-3-2-4-6-19)9-7-22(8-10-24)35(16-36)38-12-11-27/h2-6,13-17,22H,7-12H2,1H3,(H,34,37). The van der Waals surface area contributed by atoms with Gasteiger partial charge in [-0.05, 0) is 61.9 Å². The molecule has 38 heavy (non-hydrogen) atoms. The van der Waals surface area contributed by atoms with Gasteiger partial charge in [-0.2, -0.15) is 26.3 Å². The second-order valence-corrected chi connectivity index (χ2v) is 9.59. The molecule has 1 aliphatic carbocycles. The molecule has 2 aromatic carbocycles. The Labute approximate surface area is 221 Å². The second-order valence-electron chi connectivity index (χ2n) is 9.22. The fourth-order valence-electron chi connectivity index (χ4n) is 4.68. The minimum absolute atomic E-state index is 0.0337. The summed E-state index contributed by atoms with van der Waals surface area (Å²) in [4.78, 5) is 30.2. The van der Waals surface area contributed by atoms with Crippen molar-refractivity contribution in [3.8, 4) is 0 Å². The minimum Gasteiger partial charge on any atom is -0.346 e. The van der Waals surface area contributed by atoms with Crippen LogP contribution in [0.4, 0.5) is 26.3 Å². The van der Waals surface area contributed by atoms with Crippen LogP contribution < -0.4 is 5.32 Å². The van der Waals surface area contributed by atoms with Gasteiger partial charge in [-0.25, -0.2) is 5.06 Å². The van der Waals surface area contributed by atoms with Crippen molar-refractivity contribution in [2.45, 2.75) is 62.5 Å². The van der Waals surface area contributed by atoms with Gasteiger partial charge in [0.2, 0.25) is 12.3 Å². The van der Waals surface area contributed by atoms with Crippen LogP contribution in [0.15, 0.2) is 48.5 Å². The van der Waals surface area contributed by atoms with Gasteiger partial charge in [0.25, 0.3) is 0 Å². The molecule has 0 aromatic heterocycles. The number of carbonyl (C=O) groups excluding carboxylic acids is 2. The van der Waals surface area contributed by atoms with Gasteiger partial charge in [-0.3, -0.25) is 14.4 Å². The lowest BCUT2D eigenvalue weighted by Gasteiger charge is -2.43. The molecular formula is C26H27ClF6N2O3. The quantitative estimate of drug-likeness (QED) is 0.166. The first kappa shape index (κ1) is 29.8. The van der Waals surface area contributed by atoms with E-state index in [1.807, 2.05) is 0 Å². The van der Waals surface area contributed by atoms with Crippen molar-refractivity contribution in [3.05, 3.63) is 70.8 Å². The fraction of sp³-hybridized carbons (Fsp3) is 0.462. The van der Waals surface area contributed by atoms with Crippen LogP contribution in [0, 0.1) is 0 Å². The van der Waals surface area contributed by atoms with E-state index >= 15 is 0 Å². The molecule has 1 saturated carbocycles. The third kappa shape index (κ3) is 6.99. The minimum atomic E-state index is -5.02. The summed E-state index contributed by atoms with van der Waals surface area (Å²) in [5.41, 5.74) is -3.57. The zero-order valence-corrected chi connectivity index (χ0v) is 21.2. The summed E-state index contributed by atoms with van der Waals surface area (Å²) in [7, 11) is 0. The second kappa shape index (κ2) is 11.9. The SMILES string of the molecule is CC(C(=O)NC1(c2ccccc2)CCC(N(C=O)OCCCl)CC1)c1cc(C(F)(F)F)cc(C(F)(F)F)c1. The van der Waals surface area contributed by atoms with Crippen LogP contribution in [0.3, 0.4) is 0 Å². The van der Waals surface area contributed by atoms with Gasteiger partial charge in [0.15, 0.2) is 0 Å². The number of halogens is 7. The molecule has 1 atom stereocenters. The van der Waals surface area contributed by atoms with Gasteiger partial charge in [0, 0.05) is 5.88 Å². The van der Waals surface area contributed by atoms with E-state index in [2.05, 4.69) is 5.32 Å². The number of nitrogens with zero attached hydrogens (tertiary/aromatic N) is 1. The van der Waals surface area contributed by atoms with Crippen molar-refractivity contribution in [1.29, 1.82) is 0 Å². The summed E-state index contributed by atoms with van der Waals surface area (Å²) in [5, 5.41) is 4.10. The van der Waals surface area contributed by atoms with Gasteiger partial charge in [-0.15, -0.1) is 11.6 Å². The van der Waals surface area contributed by atoms with Crippen LogP contribution in [0.1, 0.15) is 60.8 Å². The van der Waals surface area contributed by atoms with Gasteiger partial charge in [-0.1, -0.05) is 30.3 Å².